The second-order valence-corrected chi connectivity index (χ2v) is 4.28. The molecule has 0 saturated heterocycles. The Labute approximate surface area is 93.9 Å². The Balaban J connectivity index is 2.48. The van der Waals surface area contributed by atoms with Gasteiger partial charge >= 0.3 is 0 Å². The van der Waals surface area contributed by atoms with Crippen LogP contribution in [0.1, 0.15) is 45.6 Å². The highest BCUT2D eigenvalue weighted by molar-refractivity contribution is 5.45. The average molecular weight is 205 g/mol. The Bertz CT molecular complexity index is 263. The van der Waals surface area contributed by atoms with Gasteiger partial charge in [-0.1, -0.05) is 38.8 Å². The first kappa shape index (κ1) is 12.1. The molecule has 0 amide bonds. The fourth-order valence-corrected chi connectivity index (χ4v) is 1.85. The van der Waals surface area contributed by atoms with E-state index in [2.05, 4.69) is 50.4 Å². The lowest BCUT2D eigenvalue weighted by atomic mass is 10.1. The minimum absolute atomic E-state index is 0.576. The molecule has 1 aromatic carbocycles. The van der Waals surface area contributed by atoms with Gasteiger partial charge in [-0.25, -0.2) is 0 Å². The van der Waals surface area contributed by atoms with Crippen LogP contribution in [0.5, 0.6) is 0 Å². The number of rotatable bonds is 6. The molecule has 1 atom stereocenters. The molecule has 0 spiro atoms. The Morgan fingerprint density at radius 3 is 2.27 bits per heavy atom. The Hall–Kier alpha value is -0.980. The van der Waals surface area contributed by atoms with E-state index in [1.54, 1.807) is 0 Å². The number of anilines is 1. The average Bonchev–Trinajstić information content (AvgIpc) is 2.22. The number of benzene rings is 1. The molecular formula is C14H23N. The van der Waals surface area contributed by atoms with Gasteiger partial charge in [-0.05, 0) is 37.5 Å². The smallest absolute Gasteiger partial charge is 0.0342 e. The van der Waals surface area contributed by atoms with Crippen molar-refractivity contribution >= 4 is 5.69 Å². The van der Waals surface area contributed by atoms with E-state index < -0.39 is 0 Å². The van der Waals surface area contributed by atoms with Crippen LogP contribution in [0.4, 0.5) is 5.69 Å². The molecule has 1 unspecified atom stereocenters. The van der Waals surface area contributed by atoms with E-state index in [-0.39, 0.29) is 0 Å². The first-order chi connectivity index (χ1) is 7.26. The lowest BCUT2D eigenvalue weighted by Crippen LogP contribution is -2.14. The third-order valence-corrected chi connectivity index (χ3v) is 2.63. The second kappa shape index (κ2) is 6.49. The Morgan fingerprint density at radius 2 is 1.73 bits per heavy atom. The summed E-state index contributed by atoms with van der Waals surface area (Å²) in [5.41, 5.74) is 2.68. The molecule has 1 aromatic rings. The van der Waals surface area contributed by atoms with E-state index in [0.29, 0.717) is 6.04 Å². The van der Waals surface area contributed by atoms with Crippen molar-refractivity contribution in [3.05, 3.63) is 29.8 Å². The van der Waals surface area contributed by atoms with E-state index >= 15 is 0 Å². The largest absolute Gasteiger partial charge is 0.383 e. The maximum absolute atomic E-state index is 3.51. The van der Waals surface area contributed by atoms with Gasteiger partial charge in [0, 0.05) is 11.7 Å². The summed E-state index contributed by atoms with van der Waals surface area (Å²) in [5, 5.41) is 3.51. The summed E-state index contributed by atoms with van der Waals surface area (Å²) in [6, 6.07) is 9.41. The summed E-state index contributed by atoms with van der Waals surface area (Å²) in [7, 11) is 0. The zero-order chi connectivity index (χ0) is 11.1. The fourth-order valence-electron chi connectivity index (χ4n) is 1.85. The molecule has 0 bridgehead atoms. The van der Waals surface area contributed by atoms with E-state index in [9.17, 15) is 0 Å². The molecule has 0 heterocycles. The zero-order valence-electron chi connectivity index (χ0n) is 10.2. The standard InChI is InChI=1S/C14H23N/c1-4-6-12(3)15-14-10-8-13(7-5-2)9-11-14/h8-12,15H,4-7H2,1-3H3. The van der Waals surface area contributed by atoms with Gasteiger partial charge in [-0.3, -0.25) is 0 Å². The van der Waals surface area contributed by atoms with Crippen LogP contribution < -0.4 is 5.32 Å². The molecule has 0 aromatic heterocycles. The van der Waals surface area contributed by atoms with Crippen LogP contribution in [0.15, 0.2) is 24.3 Å². The molecule has 0 saturated carbocycles. The normalized spacial score (nSPS) is 12.5. The van der Waals surface area contributed by atoms with Crippen molar-refractivity contribution < 1.29 is 0 Å². The molecule has 1 rings (SSSR count). The number of nitrogens with one attached hydrogen (secondary N) is 1. The highest BCUT2D eigenvalue weighted by Gasteiger charge is 1.99. The van der Waals surface area contributed by atoms with Crippen molar-refractivity contribution in [2.24, 2.45) is 0 Å². The minimum Gasteiger partial charge on any atom is -0.383 e. The van der Waals surface area contributed by atoms with Gasteiger partial charge in [0.2, 0.25) is 0 Å². The van der Waals surface area contributed by atoms with Crippen LogP contribution in [-0.4, -0.2) is 6.04 Å². The molecule has 0 aliphatic carbocycles. The molecule has 0 aliphatic rings. The Kier molecular flexibility index (Phi) is 5.23. The van der Waals surface area contributed by atoms with Crippen molar-refractivity contribution in [3.63, 3.8) is 0 Å². The second-order valence-electron chi connectivity index (χ2n) is 4.28. The van der Waals surface area contributed by atoms with Gasteiger partial charge in [0.15, 0.2) is 0 Å². The van der Waals surface area contributed by atoms with Crippen LogP contribution in [0.3, 0.4) is 0 Å². The summed E-state index contributed by atoms with van der Waals surface area (Å²) >= 11 is 0. The molecule has 1 heteroatoms. The van der Waals surface area contributed by atoms with Gasteiger partial charge in [0.1, 0.15) is 0 Å². The van der Waals surface area contributed by atoms with Crippen molar-refractivity contribution in [2.45, 2.75) is 52.5 Å². The van der Waals surface area contributed by atoms with E-state index in [1.807, 2.05) is 0 Å². The van der Waals surface area contributed by atoms with Crippen molar-refractivity contribution in [3.8, 4) is 0 Å². The molecule has 0 aliphatic heterocycles. The summed E-state index contributed by atoms with van der Waals surface area (Å²) < 4.78 is 0. The maximum Gasteiger partial charge on any atom is 0.0342 e. The lowest BCUT2D eigenvalue weighted by molar-refractivity contribution is 0.690. The maximum atomic E-state index is 3.51. The highest BCUT2D eigenvalue weighted by atomic mass is 14.9. The number of hydrogen-bond acceptors (Lipinski definition) is 1. The fraction of sp³-hybridized carbons (Fsp3) is 0.571. The Morgan fingerprint density at radius 1 is 1.07 bits per heavy atom. The summed E-state index contributed by atoms with van der Waals surface area (Å²) in [6.45, 7) is 6.68. The predicted octanol–water partition coefficient (Wildman–Crippen LogP) is 4.24. The van der Waals surface area contributed by atoms with Gasteiger partial charge in [-0.2, -0.15) is 0 Å². The highest BCUT2D eigenvalue weighted by Crippen LogP contribution is 2.13. The van der Waals surface area contributed by atoms with Crippen molar-refractivity contribution in [1.29, 1.82) is 0 Å². The molecule has 15 heavy (non-hydrogen) atoms. The van der Waals surface area contributed by atoms with Crippen molar-refractivity contribution in [2.75, 3.05) is 5.32 Å². The van der Waals surface area contributed by atoms with Gasteiger partial charge < -0.3 is 5.32 Å². The zero-order valence-corrected chi connectivity index (χ0v) is 10.2. The number of aryl methyl sites for hydroxylation is 1. The summed E-state index contributed by atoms with van der Waals surface area (Å²) in [5.74, 6) is 0. The molecule has 1 N–H and O–H groups in total. The van der Waals surface area contributed by atoms with Crippen LogP contribution in [0.2, 0.25) is 0 Å². The van der Waals surface area contributed by atoms with Crippen LogP contribution in [0, 0.1) is 0 Å². The van der Waals surface area contributed by atoms with E-state index in [0.717, 1.165) is 0 Å². The quantitative estimate of drug-likeness (QED) is 0.732. The molecule has 0 radical (unpaired) electrons. The third kappa shape index (κ3) is 4.37. The van der Waals surface area contributed by atoms with E-state index in [4.69, 9.17) is 0 Å². The van der Waals surface area contributed by atoms with Gasteiger partial charge in [0.05, 0.1) is 0 Å². The third-order valence-electron chi connectivity index (χ3n) is 2.63. The first-order valence-corrected chi connectivity index (χ1v) is 6.11. The monoisotopic (exact) mass is 205 g/mol. The molecular weight excluding hydrogens is 182 g/mol. The SMILES string of the molecule is CCCc1ccc(NC(C)CCC)cc1. The topological polar surface area (TPSA) is 12.0 Å². The summed E-state index contributed by atoms with van der Waals surface area (Å²) in [4.78, 5) is 0. The van der Waals surface area contributed by atoms with Crippen LogP contribution in [0.25, 0.3) is 0 Å². The van der Waals surface area contributed by atoms with Crippen LogP contribution >= 0.6 is 0 Å². The van der Waals surface area contributed by atoms with E-state index in [1.165, 1.54) is 36.9 Å². The first-order valence-electron chi connectivity index (χ1n) is 6.11. The van der Waals surface area contributed by atoms with Gasteiger partial charge in [0.25, 0.3) is 0 Å². The molecule has 1 nitrogen and oxygen atoms in total. The van der Waals surface area contributed by atoms with Gasteiger partial charge in [-0.15, -0.1) is 0 Å². The van der Waals surface area contributed by atoms with Crippen LogP contribution in [-0.2, 0) is 6.42 Å². The summed E-state index contributed by atoms with van der Waals surface area (Å²) in [6.07, 6.45) is 4.88. The predicted molar refractivity (Wildman–Crippen MR) is 68.4 cm³/mol. The molecule has 84 valence electrons. The number of hydrogen-bond donors (Lipinski definition) is 1. The molecule has 0 fully saturated rings. The lowest BCUT2D eigenvalue weighted by Gasteiger charge is -2.14. The van der Waals surface area contributed by atoms with Crippen molar-refractivity contribution in [1.82, 2.24) is 0 Å². The minimum atomic E-state index is 0.576.